The summed E-state index contributed by atoms with van der Waals surface area (Å²) in [6.45, 7) is 5.78. The Morgan fingerprint density at radius 1 is 1.43 bits per heavy atom. The molecule has 0 radical (unpaired) electrons. The summed E-state index contributed by atoms with van der Waals surface area (Å²) in [7, 11) is 0. The Hall–Kier alpha value is -1.88. The zero-order chi connectivity index (χ0) is 16.4. The second kappa shape index (κ2) is 6.71. The first-order valence-electron chi connectivity index (χ1n) is 8.62. The number of rotatable bonds is 5. The first kappa shape index (κ1) is 16.0. The van der Waals surface area contributed by atoms with Gasteiger partial charge in [-0.3, -0.25) is 4.79 Å². The third-order valence-corrected chi connectivity index (χ3v) is 4.69. The first-order valence-corrected chi connectivity index (χ1v) is 8.62. The van der Waals surface area contributed by atoms with Crippen LogP contribution in [-0.2, 0) is 11.3 Å². The van der Waals surface area contributed by atoms with Crippen molar-refractivity contribution in [1.82, 2.24) is 14.5 Å². The molecule has 124 valence electrons. The van der Waals surface area contributed by atoms with Gasteiger partial charge in [0.15, 0.2) is 0 Å². The van der Waals surface area contributed by atoms with Gasteiger partial charge in [0.05, 0.1) is 17.1 Å². The fourth-order valence-corrected chi connectivity index (χ4v) is 3.51. The normalized spacial score (nSPS) is 19.4. The van der Waals surface area contributed by atoms with Gasteiger partial charge in [-0.05, 0) is 45.2 Å². The Kier molecular flexibility index (Phi) is 4.66. The molecule has 0 spiro atoms. The quantitative estimate of drug-likeness (QED) is 0.923. The van der Waals surface area contributed by atoms with Gasteiger partial charge in [-0.25, -0.2) is 4.98 Å². The molecule has 1 aliphatic heterocycles. The highest BCUT2D eigenvalue weighted by molar-refractivity contribution is 5.78. The minimum atomic E-state index is 0.0696. The van der Waals surface area contributed by atoms with E-state index in [0.717, 1.165) is 49.2 Å². The Morgan fingerprint density at radius 2 is 2.22 bits per heavy atom. The maximum absolute atomic E-state index is 12.6. The van der Waals surface area contributed by atoms with Crippen LogP contribution in [0.5, 0.6) is 0 Å². The number of fused-ring (bicyclic) bond motifs is 1. The van der Waals surface area contributed by atoms with Crippen molar-refractivity contribution < 1.29 is 4.79 Å². The van der Waals surface area contributed by atoms with Crippen molar-refractivity contribution in [3.63, 3.8) is 0 Å². The topological polar surface area (TPSA) is 64.2 Å². The van der Waals surface area contributed by atoms with Crippen LogP contribution in [0.25, 0.3) is 11.0 Å². The minimum Gasteiger partial charge on any atom is -0.333 e. The van der Waals surface area contributed by atoms with E-state index < -0.39 is 0 Å². The predicted octanol–water partition coefficient (Wildman–Crippen LogP) is 2.85. The molecule has 2 N–H and O–H groups in total. The van der Waals surface area contributed by atoms with Gasteiger partial charge in [-0.15, -0.1) is 0 Å². The highest BCUT2D eigenvalue weighted by atomic mass is 16.2. The molecule has 0 saturated carbocycles. The molecule has 1 saturated heterocycles. The molecule has 0 aliphatic carbocycles. The predicted molar refractivity (Wildman–Crippen MR) is 92.0 cm³/mol. The minimum absolute atomic E-state index is 0.0696. The van der Waals surface area contributed by atoms with Gasteiger partial charge in [-0.2, -0.15) is 0 Å². The number of imidazole rings is 1. The van der Waals surface area contributed by atoms with Crippen LogP contribution in [-0.4, -0.2) is 32.9 Å². The van der Waals surface area contributed by atoms with Crippen LogP contribution in [0.15, 0.2) is 24.3 Å². The smallest absolute Gasteiger partial charge is 0.223 e. The number of benzene rings is 1. The third kappa shape index (κ3) is 3.11. The molecule has 2 unspecified atom stereocenters. The maximum atomic E-state index is 12.6. The van der Waals surface area contributed by atoms with Crippen molar-refractivity contribution >= 4 is 16.9 Å². The summed E-state index contributed by atoms with van der Waals surface area (Å²) >= 11 is 0. The summed E-state index contributed by atoms with van der Waals surface area (Å²) in [5, 5.41) is 0. The molecule has 5 heteroatoms. The lowest BCUT2D eigenvalue weighted by atomic mass is 10.1. The number of carbonyl (C=O) groups is 1. The lowest BCUT2D eigenvalue weighted by Gasteiger charge is -2.25. The van der Waals surface area contributed by atoms with Crippen LogP contribution < -0.4 is 5.73 Å². The van der Waals surface area contributed by atoms with Crippen LogP contribution in [0.2, 0.25) is 0 Å². The van der Waals surface area contributed by atoms with E-state index in [9.17, 15) is 4.79 Å². The Labute approximate surface area is 137 Å². The fourth-order valence-electron chi connectivity index (χ4n) is 3.51. The van der Waals surface area contributed by atoms with Crippen LogP contribution in [0.1, 0.15) is 51.4 Å². The monoisotopic (exact) mass is 314 g/mol. The number of likely N-dealkylation sites (tertiary alicyclic amines) is 1. The summed E-state index contributed by atoms with van der Waals surface area (Å²) in [4.78, 5) is 19.4. The highest BCUT2D eigenvalue weighted by Gasteiger charge is 2.33. The van der Waals surface area contributed by atoms with Crippen molar-refractivity contribution in [1.29, 1.82) is 0 Å². The molecule has 5 nitrogen and oxygen atoms in total. The van der Waals surface area contributed by atoms with E-state index in [0.29, 0.717) is 6.42 Å². The van der Waals surface area contributed by atoms with Crippen molar-refractivity contribution in [2.45, 2.75) is 58.2 Å². The summed E-state index contributed by atoms with van der Waals surface area (Å²) in [5.74, 6) is 1.24. The van der Waals surface area contributed by atoms with E-state index in [1.165, 1.54) is 0 Å². The van der Waals surface area contributed by atoms with E-state index >= 15 is 0 Å². The van der Waals surface area contributed by atoms with E-state index in [4.69, 9.17) is 10.7 Å². The van der Waals surface area contributed by atoms with Gasteiger partial charge >= 0.3 is 0 Å². The molecular weight excluding hydrogens is 288 g/mol. The van der Waals surface area contributed by atoms with Crippen molar-refractivity contribution in [2.75, 3.05) is 6.54 Å². The van der Waals surface area contributed by atoms with Gasteiger partial charge < -0.3 is 15.2 Å². The standard InChI is InChI=1S/C18H26N4O/c1-3-21-15-8-5-4-7-14(15)20-18(21)16-9-6-12-22(16)17(23)11-10-13(2)19/h4-5,7-8,13,16H,3,6,9-12,19H2,1-2H3. The second-order valence-corrected chi connectivity index (χ2v) is 6.46. The zero-order valence-corrected chi connectivity index (χ0v) is 14.0. The van der Waals surface area contributed by atoms with E-state index in [1.807, 2.05) is 30.0 Å². The number of para-hydroxylation sites is 2. The number of amides is 1. The van der Waals surface area contributed by atoms with Crippen molar-refractivity contribution in [2.24, 2.45) is 5.73 Å². The SMILES string of the molecule is CCn1c(C2CCCN2C(=O)CCC(C)N)nc2ccccc21. The van der Waals surface area contributed by atoms with E-state index in [1.54, 1.807) is 0 Å². The van der Waals surface area contributed by atoms with Gasteiger partial charge in [-0.1, -0.05) is 12.1 Å². The van der Waals surface area contributed by atoms with Crippen LogP contribution in [0, 0.1) is 0 Å². The maximum Gasteiger partial charge on any atom is 0.223 e. The van der Waals surface area contributed by atoms with E-state index in [2.05, 4.69) is 17.6 Å². The highest BCUT2D eigenvalue weighted by Crippen LogP contribution is 2.34. The summed E-state index contributed by atoms with van der Waals surface area (Å²) < 4.78 is 2.25. The molecule has 0 bridgehead atoms. The molecule has 1 amide bonds. The number of nitrogens with two attached hydrogens (primary N) is 1. The molecule has 1 aliphatic rings. The van der Waals surface area contributed by atoms with Crippen LogP contribution in [0.3, 0.4) is 0 Å². The zero-order valence-electron chi connectivity index (χ0n) is 14.0. The van der Waals surface area contributed by atoms with Gasteiger partial charge in [0.1, 0.15) is 5.82 Å². The number of hydrogen-bond acceptors (Lipinski definition) is 3. The molecule has 2 atom stereocenters. The molecule has 1 aromatic heterocycles. The molecule has 3 rings (SSSR count). The first-order chi connectivity index (χ1) is 11.1. The van der Waals surface area contributed by atoms with Crippen molar-refractivity contribution in [3.8, 4) is 0 Å². The molecule has 2 heterocycles. The number of aryl methyl sites for hydroxylation is 1. The van der Waals surface area contributed by atoms with Gasteiger partial charge in [0.2, 0.25) is 5.91 Å². The third-order valence-electron chi connectivity index (χ3n) is 4.69. The molecular formula is C18H26N4O. The van der Waals surface area contributed by atoms with Crippen molar-refractivity contribution in [3.05, 3.63) is 30.1 Å². The van der Waals surface area contributed by atoms with Gasteiger partial charge in [0.25, 0.3) is 0 Å². The van der Waals surface area contributed by atoms with Crippen LogP contribution in [0.4, 0.5) is 0 Å². The Morgan fingerprint density at radius 3 is 2.96 bits per heavy atom. The molecule has 1 aromatic carbocycles. The van der Waals surface area contributed by atoms with Gasteiger partial charge in [0, 0.05) is 25.6 Å². The van der Waals surface area contributed by atoms with E-state index in [-0.39, 0.29) is 18.0 Å². The lowest BCUT2D eigenvalue weighted by Crippen LogP contribution is -2.33. The Bertz CT molecular complexity index is 691. The lowest BCUT2D eigenvalue weighted by molar-refractivity contribution is -0.132. The Balaban J connectivity index is 1.89. The largest absolute Gasteiger partial charge is 0.333 e. The number of nitrogens with zero attached hydrogens (tertiary/aromatic N) is 3. The second-order valence-electron chi connectivity index (χ2n) is 6.46. The molecule has 1 fully saturated rings. The van der Waals surface area contributed by atoms with Crippen LogP contribution >= 0.6 is 0 Å². The average Bonchev–Trinajstić information content (AvgIpc) is 3.16. The fraction of sp³-hybridized carbons (Fsp3) is 0.556. The average molecular weight is 314 g/mol. The summed E-state index contributed by atoms with van der Waals surface area (Å²) in [6.07, 6.45) is 3.31. The number of hydrogen-bond donors (Lipinski definition) is 1. The molecule has 23 heavy (non-hydrogen) atoms. The molecule has 2 aromatic rings. The number of aromatic nitrogens is 2. The summed E-state index contributed by atoms with van der Waals surface area (Å²) in [6, 6.07) is 8.37. The summed E-state index contributed by atoms with van der Waals surface area (Å²) in [5.41, 5.74) is 7.96. The number of carbonyl (C=O) groups excluding carboxylic acids is 1.